The quantitative estimate of drug-likeness (QED) is 0.592. The molecule has 0 heterocycles. The number of carbonyl (C=O) groups excluding carboxylic acids is 1. The van der Waals surface area contributed by atoms with Gasteiger partial charge in [0.1, 0.15) is 0 Å². The monoisotopic (exact) mass is 444 g/mol. The number of halogens is 1. The van der Waals surface area contributed by atoms with Gasteiger partial charge in [-0.25, -0.2) is 8.42 Å². The van der Waals surface area contributed by atoms with E-state index in [1.165, 1.54) is 12.1 Å². The summed E-state index contributed by atoms with van der Waals surface area (Å²) < 4.78 is 28.5. The minimum absolute atomic E-state index is 0.161. The number of benzene rings is 3. The molecule has 138 valence electrons. The Labute approximate surface area is 166 Å². The number of carbonyl (C=O) groups is 1. The Hall–Kier alpha value is -2.64. The second kappa shape index (κ2) is 7.94. The van der Waals surface area contributed by atoms with Crippen molar-refractivity contribution in [3.63, 3.8) is 0 Å². The van der Waals surface area contributed by atoms with Crippen LogP contribution in [0.1, 0.15) is 15.9 Å². The van der Waals surface area contributed by atoms with Gasteiger partial charge in [-0.2, -0.15) is 0 Å². The zero-order chi connectivity index (χ0) is 19.4. The predicted octanol–water partition coefficient (Wildman–Crippen LogP) is 4.81. The summed E-state index contributed by atoms with van der Waals surface area (Å²) in [6.45, 7) is 1.71. The molecule has 0 saturated heterocycles. The van der Waals surface area contributed by atoms with E-state index in [9.17, 15) is 13.2 Å². The van der Waals surface area contributed by atoms with E-state index in [-0.39, 0.29) is 10.8 Å². The summed E-state index contributed by atoms with van der Waals surface area (Å²) in [5, 5.41) is 2.82. The number of sulfonamides is 1. The Bertz CT molecular complexity index is 1080. The second-order valence-corrected chi connectivity index (χ2v) is 8.46. The molecule has 0 bridgehead atoms. The maximum absolute atomic E-state index is 12.6. The first-order chi connectivity index (χ1) is 12.9. The molecular weight excluding hydrogens is 428 g/mol. The summed E-state index contributed by atoms with van der Waals surface area (Å²) in [5.74, 6) is -0.314. The van der Waals surface area contributed by atoms with Crippen molar-refractivity contribution in [3.05, 3.63) is 88.4 Å². The third-order valence-electron chi connectivity index (χ3n) is 3.96. The van der Waals surface area contributed by atoms with Crippen LogP contribution >= 0.6 is 15.9 Å². The van der Waals surface area contributed by atoms with E-state index >= 15 is 0 Å². The first kappa shape index (κ1) is 19.1. The van der Waals surface area contributed by atoms with Crippen molar-refractivity contribution in [2.45, 2.75) is 11.8 Å². The van der Waals surface area contributed by atoms with Gasteiger partial charge in [0.05, 0.1) is 10.6 Å². The third kappa shape index (κ3) is 4.56. The molecule has 0 atom stereocenters. The first-order valence-electron chi connectivity index (χ1n) is 8.11. The average Bonchev–Trinajstić information content (AvgIpc) is 2.64. The molecule has 0 aliphatic heterocycles. The van der Waals surface area contributed by atoms with Crippen molar-refractivity contribution in [2.24, 2.45) is 0 Å². The van der Waals surface area contributed by atoms with Gasteiger partial charge in [-0.3, -0.25) is 9.52 Å². The zero-order valence-electron chi connectivity index (χ0n) is 14.4. The van der Waals surface area contributed by atoms with Crippen LogP contribution in [0.3, 0.4) is 0 Å². The number of hydrogen-bond donors (Lipinski definition) is 2. The molecule has 27 heavy (non-hydrogen) atoms. The average molecular weight is 445 g/mol. The van der Waals surface area contributed by atoms with Crippen LogP contribution in [0, 0.1) is 6.92 Å². The molecule has 0 radical (unpaired) electrons. The first-order valence-corrected chi connectivity index (χ1v) is 10.4. The lowest BCUT2D eigenvalue weighted by Crippen LogP contribution is -2.17. The van der Waals surface area contributed by atoms with Gasteiger partial charge in [-0.15, -0.1) is 0 Å². The van der Waals surface area contributed by atoms with Crippen LogP contribution in [-0.2, 0) is 10.0 Å². The highest BCUT2D eigenvalue weighted by Gasteiger charge is 2.18. The van der Waals surface area contributed by atoms with E-state index in [1.54, 1.807) is 55.5 Å². The number of anilines is 2. The lowest BCUT2D eigenvalue weighted by molar-refractivity contribution is 0.102. The minimum atomic E-state index is -3.73. The summed E-state index contributed by atoms with van der Waals surface area (Å²) >= 11 is 3.36. The van der Waals surface area contributed by atoms with Crippen molar-refractivity contribution < 1.29 is 13.2 Å². The molecule has 1 amide bonds. The summed E-state index contributed by atoms with van der Waals surface area (Å²) in [6, 6.07) is 20.3. The molecule has 0 saturated carbocycles. The SMILES string of the molecule is Cc1c(NS(=O)(=O)c2ccccc2)cccc1C(=O)Nc1cccc(Br)c1. The topological polar surface area (TPSA) is 75.3 Å². The van der Waals surface area contributed by atoms with Crippen LogP contribution in [0.4, 0.5) is 11.4 Å². The fourth-order valence-corrected chi connectivity index (χ4v) is 4.10. The van der Waals surface area contributed by atoms with E-state index in [0.717, 1.165) is 4.47 Å². The van der Waals surface area contributed by atoms with Crippen LogP contribution in [0.5, 0.6) is 0 Å². The smallest absolute Gasteiger partial charge is 0.261 e. The molecule has 3 aromatic rings. The highest BCUT2D eigenvalue weighted by atomic mass is 79.9. The molecule has 0 unspecified atom stereocenters. The number of hydrogen-bond acceptors (Lipinski definition) is 3. The molecule has 0 spiro atoms. The number of rotatable bonds is 5. The maximum Gasteiger partial charge on any atom is 0.261 e. The van der Waals surface area contributed by atoms with Crippen molar-refractivity contribution in [2.75, 3.05) is 10.0 Å². The molecule has 5 nitrogen and oxygen atoms in total. The van der Waals surface area contributed by atoms with Crippen LogP contribution in [-0.4, -0.2) is 14.3 Å². The van der Waals surface area contributed by atoms with E-state index in [1.807, 2.05) is 12.1 Å². The molecule has 0 aromatic heterocycles. The normalized spacial score (nSPS) is 11.0. The molecular formula is C20H17BrN2O3S. The standard InChI is InChI=1S/C20H17BrN2O3S/c1-14-18(20(24)22-16-8-5-7-15(21)13-16)11-6-12-19(14)23-27(25,26)17-9-3-2-4-10-17/h2-13,23H,1H3,(H,22,24). The Morgan fingerprint density at radius 2 is 1.63 bits per heavy atom. The fourth-order valence-electron chi connectivity index (χ4n) is 2.56. The second-order valence-electron chi connectivity index (χ2n) is 5.86. The van der Waals surface area contributed by atoms with Gasteiger partial charge in [0.25, 0.3) is 15.9 Å². The van der Waals surface area contributed by atoms with Gasteiger partial charge in [-0.05, 0) is 55.0 Å². The van der Waals surface area contributed by atoms with Gasteiger partial charge in [0, 0.05) is 15.7 Å². The lowest BCUT2D eigenvalue weighted by Gasteiger charge is -2.14. The van der Waals surface area contributed by atoms with Crippen molar-refractivity contribution in [1.29, 1.82) is 0 Å². The van der Waals surface area contributed by atoms with Crippen molar-refractivity contribution >= 4 is 43.2 Å². The summed E-state index contributed by atoms with van der Waals surface area (Å²) in [7, 11) is -3.73. The van der Waals surface area contributed by atoms with Crippen molar-refractivity contribution in [3.8, 4) is 0 Å². The van der Waals surface area contributed by atoms with Gasteiger partial charge in [0.2, 0.25) is 0 Å². The van der Waals surface area contributed by atoms with Gasteiger partial charge in [0.15, 0.2) is 0 Å². The largest absolute Gasteiger partial charge is 0.322 e. The molecule has 2 N–H and O–H groups in total. The molecule has 3 aromatic carbocycles. The van der Waals surface area contributed by atoms with E-state index < -0.39 is 10.0 Å². The van der Waals surface area contributed by atoms with E-state index in [0.29, 0.717) is 22.5 Å². The van der Waals surface area contributed by atoms with Gasteiger partial charge in [-0.1, -0.05) is 46.3 Å². The molecule has 0 aliphatic carbocycles. The van der Waals surface area contributed by atoms with Gasteiger partial charge >= 0.3 is 0 Å². The summed E-state index contributed by atoms with van der Waals surface area (Å²) in [4.78, 5) is 12.8. The Morgan fingerprint density at radius 3 is 2.33 bits per heavy atom. The fraction of sp³-hybridized carbons (Fsp3) is 0.0500. The summed E-state index contributed by atoms with van der Waals surface area (Å²) in [6.07, 6.45) is 0. The Kier molecular flexibility index (Phi) is 5.62. The minimum Gasteiger partial charge on any atom is -0.322 e. The summed E-state index contributed by atoms with van der Waals surface area (Å²) in [5.41, 5.74) is 1.94. The third-order valence-corrected chi connectivity index (χ3v) is 5.83. The van der Waals surface area contributed by atoms with Crippen molar-refractivity contribution in [1.82, 2.24) is 0 Å². The Balaban J connectivity index is 1.87. The zero-order valence-corrected chi connectivity index (χ0v) is 16.8. The van der Waals surface area contributed by atoms with Crippen LogP contribution < -0.4 is 10.0 Å². The highest BCUT2D eigenvalue weighted by molar-refractivity contribution is 9.10. The predicted molar refractivity (Wildman–Crippen MR) is 111 cm³/mol. The molecule has 7 heteroatoms. The molecule has 0 fully saturated rings. The lowest BCUT2D eigenvalue weighted by atomic mass is 10.1. The Morgan fingerprint density at radius 1 is 0.926 bits per heavy atom. The van der Waals surface area contributed by atoms with Crippen LogP contribution in [0.25, 0.3) is 0 Å². The number of amides is 1. The van der Waals surface area contributed by atoms with E-state index in [2.05, 4.69) is 26.0 Å². The van der Waals surface area contributed by atoms with Crippen LogP contribution in [0.15, 0.2) is 82.2 Å². The number of nitrogens with one attached hydrogen (secondary N) is 2. The maximum atomic E-state index is 12.6. The molecule has 3 rings (SSSR count). The highest BCUT2D eigenvalue weighted by Crippen LogP contribution is 2.24. The van der Waals surface area contributed by atoms with Crippen LogP contribution in [0.2, 0.25) is 0 Å². The van der Waals surface area contributed by atoms with E-state index in [4.69, 9.17) is 0 Å². The van der Waals surface area contributed by atoms with Gasteiger partial charge < -0.3 is 5.32 Å². The molecule has 0 aliphatic rings.